The quantitative estimate of drug-likeness (QED) is 0.791. The first-order chi connectivity index (χ1) is 13.3. The van der Waals surface area contributed by atoms with E-state index < -0.39 is 0 Å². The zero-order valence-corrected chi connectivity index (χ0v) is 15.4. The molecule has 27 heavy (non-hydrogen) atoms. The summed E-state index contributed by atoms with van der Waals surface area (Å²) in [6, 6.07) is 11.9. The average molecular weight is 368 g/mol. The smallest absolute Gasteiger partial charge is 0.311 e. The molecule has 6 nitrogen and oxygen atoms in total. The maximum Gasteiger partial charge on any atom is 0.311 e. The molecule has 142 valence electrons. The van der Waals surface area contributed by atoms with Gasteiger partial charge < -0.3 is 19.5 Å². The Hall–Kier alpha value is -2.60. The van der Waals surface area contributed by atoms with Crippen LogP contribution in [0, 0.1) is 5.92 Å². The predicted octanol–water partition coefficient (Wildman–Crippen LogP) is 2.68. The molecule has 0 amide bonds. The second kappa shape index (κ2) is 7.96. The third-order valence-corrected chi connectivity index (χ3v) is 5.29. The van der Waals surface area contributed by atoms with Crippen molar-refractivity contribution in [2.75, 3.05) is 19.9 Å². The van der Waals surface area contributed by atoms with Crippen LogP contribution in [-0.4, -0.2) is 36.9 Å². The molecular formula is C21H24N2O4. The highest BCUT2D eigenvalue weighted by Gasteiger charge is 2.42. The molecule has 6 heteroatoms. The summed E-state index contributed by atoms with van der Waals surface area (Å²) >= 11 is 0. The van der Waals surface area contributed by atoms with Crippen LogP contribution in [0.2, 0.25) is 0 Å². The normalized spacial score (nSPS) is 23.4. The van der Waals surface area contributed by atoms with E-state index in [1.54, 1.807) is 6.20 Å². The molecular weight excluding hydrogens is 344 g/mol. The van der Waals surface area contributed by atoms with Crippen molar-refractivity contribution in [2.24, 2.45) is 5.92 Å². The first kappa shape index (κ1) is 17.8. The molecule has 1 aromatic heterocycles. The van der Waals surface area contributed by atoms with Crippen molar-refractivity contribution in [1.82, 2.24) is 10.3 Å². The van der Waals surface area contributed by atoms with E-state index in [1.807, 2.05) is 43.3 Å². The number of aryl methyl sites for hydroxylation is 1. The van der Waals surface area contributed by atoms with Crippen LogP contribution in [0.25, 0.3) is 0 Å². The Kier molecular flexibility index (Phi) is 5.25. The van der Waals surface area contributed by atoms with Gasteiger partial charge in [-0.1, -0.05) is 12.1 Å². The highest BCUT2D eigenvalue weighted by atomic mass is 16.7. The van der Waals surface area contributed by atoms with Crippen LogP contribution in [0.5, 0.6) is 11.5 Å². The van der Waals surface area contributed by atoms with Crippen LogP contribution in [0.4, 0.5) is 0 Å². The van der Waals surface area contributed by atoms with Crippen LogP contribution < -0.4 is 14.8 Å². The third kappa shape index (κ3) is 3.76. The Labute approximate surface area is 158 Å². The van der Waals surface area contributed by atoms with Crippen LogP contribution in [-0.2, 0) is 16.0 Å². The molecule has 0 saturated carbocycles. The number of fused-ring (bicyclic) bond motifs is 1. The van der Waals surface area contributed by atoms with Gasteiger partial charge in [0.2, 0.25) is 6.79 Å². The van der Waals surface area contributed by atoms with E-state index in [9.17, 15) is 4.79 Å². The molecule has 0 radical (unpaired) electrons. The molecule has 1 aromatic carbocycles. The highest BCUT2D eigenvalue weighted by molar-refractivity contribution is 5.75. The lowest BCUT2D eigenvalue weighted by Gasteiger charge is -2.23. The van der Waals surface area contributed by atoms with Gasteiger partial charge in [-0.15, -0.1) is 0 Å². The van der Waals surface area contributed by atoms with Crippen molar-refractivity contribution in [3.8, 4) is 11.5 Å². The maximum atomic E-state index is 12.8. The monoisotopic (exact) mass is 368 g/mol. The summed E-state index contributed by atoms with van der Waals surface area (Å²) in [5, 5.41) is 3.53. The van der Waals surface area contributed by atoms with Crippen LogP contribution in [0.3, 0.4) is 0 Å². The number of nitrogens with one attached hydrogen (secondary N) is 1. The van der Waals surface area contributed by atoms with Crippen molar-refractivity contribution >= 4 is 5.97 Å². The Morgan fingerprint density at radius 1 is 1.26 bits per heavy atom. The van der Waals surface area contributed by atoms with E-state index in [-0.39, 0.29) is 30.6 Å². The maximum absolute atomic E-state index is 12.8. The Balaban J connectivity index is 1.53. The summed E-state index contributed by atoms with van der Waals surface area (Å²) in [4.78, 5) is 17.1. The number of hydrogen-bond donors (Lipinski definition) is 1. The largest absolute Gasteiger partial charge is 0.466 e. The van der Waals surface area contributed by atoms with E-state index in [1.165, 1.54) is 0 Å². The zero-order chi connectivity index (χ0) is 18.6. The fraction of sp³-hybridized carbons (Fsp3) is 0.429. The van der Waals surface area contributed by atoms with Gasteiger partial charge in [0.25, 0.3) is 0 Å². The van der Waals surface area contributed by atoms with Crippen LogP contribution >= 0.6 is 0 Å². The van der Waals surface area contributed by atoms with Gasteiger partial charge in [-0.3, -0.25) is 9.78 Å². The van der Waals surface area contributed by atoms with Crippen molar-refractivity contribution in [3.05, 3.63) is 53.9 Å². The van der Waals surface area contributed by atoms with Crippen molar-refractivity contribution in [2.45, 2.75) is 31.7 Å². The molecule has 0 aliphatic carbocycles. The van der Waals surface area contributed by atoms with Crippen molar-refractivity contribution < 1.29 is 19.0 Å². The molecule has 1 fully saturated rings. The number of ether oxygens (including phenoxy) is 3. The fourth-order valence-electron chi connectivity index (χ4n) is 3.98. The Morgan fingerprint density at radius 3 is 2.96 bits per heavy atom. The lowest BCUT2D eigenvalue weighted by atomic mass is 9.83. The SMILES string of the molecule is CCOC(=O)[C@H]1[C@H](CCc2ccccn2)NC[C@@H]1c1ccc2c(c1)OCO2. The molecule has 2 aliphatic rings. The van der Waals surface area contributed by atoms with Gasteiger partial charge in [0, 0.05) is 30.4 Å². The molecule has 0 spiro atoms. The van der Waals surface area contributed by atoms with Gasteiger partial charge in [-0.25, -0.2) is 0 Å². The van der Waals surface area contributed by atoms with Gasteiger partial charge in [0.1, 0.15) is 0 Å². The molecule has 3 heterocycles. The van der Waals surface area contributed by atoms with E-state index >= 15 is 0 Å². The number of nitrogens with zero attached hydrogens (tertiary/aromatic N) is 1. The van der Waals surface area contributed by atoms with Crippen molar-refractivity contribution in [3.63, 3.8) is 0 Å². The minimum Gasteiger partial charge on any atom is -0.466 e. The number of hydrogen-bond acceptors (Lipinski definition) is 6. The summed E-state index contributed by atoms with van der Waals surface area (Å²) in [5.74, 6) is 1.17. The van der Waals surface area contributed by atoms with Gasteiger partial charge in [-0.2, -0.15) is 0 Å². The average Bonchev–Trinajstić information content (AvgIpc) is 3.33. The predicted molar refractivity (Wildman–Crippen MR) is 99.8 cm³/mol. The summed E-state index contributed by atoms with van der Waals surface area (Å²) < 4.78 is 16.3. The Morgan fingerprint density at radius 2 is 2.15 bits per heavy atom. The summed E-state index contributed by atoms with van der Waals surface area (Å²) in [5.41, 5.74) is 2.11. The number of rotatable bonds is 6. The standard InChI is InChI=1S/C21H24N2O4/c1-2-25-21(24)20-16(14-6-9-18-19(11-14)27-13-26-18)12-23-17(20)8-7-15-5-3-4-10-22-15/h3-6,9-11,16-17,20,23H,2,7-8,12-13H2,1H3/t16-,17+,20-/m1/s1. The minimum atomic E-state index is -0.228. The molecule has 1 N–H and O–H groups in total. The van der Waals surface area contributed by atoms with Gasteiger partial charge in [0.15, 0.2) is 11.5 Å². The second-order valence-corrected chi connectivity index (χ2v) is 6.87. The number of carbonyl (C=O) groups excluding carboxylic acids is 1. The topological polar surface area (TPSA) is 69.7 Å². The summed E-state index contributed by atoms with van der Waals surface area (Å²) in [6.45, 7) is 3.21. The van der Waals surface area contributed by atoms with E-state index in [2.05, 4.69) is 10.3 Å². The number of carbonyl (C=O) groups is 1. The van der Waals surface area contributed by atoms with Crippen LogP contribution in [0.15, 0.2) is 42.6 Å². The number of pyridine rings is 1. The third-order valence-electron chi connectivity index (χ3n) is 5.29. The number of benzene rings is 1. The zero-order valence-electron chi connectivity index (χ0n) is 15.4. The van der Waals surface area contributed by atoms with Gasteiger partial charge >= 0.3 is 5.97 Å². The van der Waals surface area contributed by atoms with E-state index in [0.29, 0.717) is 6.61 Å². The molecule has 4 rings (SSSR count). The molecule has 0 unspecified atom stereocenters. The number of esters is 1. The summed E-state index contributed by atoms with van der Waals surface area (Å²) in [6.07, 6.45) is 3.46. The number of aromatic nitrogens is 1. The first-order valence-corrected chi connectivity index (χ1v) is 9.45. The molecule has 2 aromatic rings. The molecule has 2 aliphatic heterocycles. The van der Waals surface area contributed by atoms with E-state index in [4.69, 9.17) is 14.2 Å². The highest BCUT2D eigenvalue weighted by Crippen LogP contribution is 2.40. The van der Waals surface area contributed by atoms with Gasteiger partial charge in [-0.05, 0) is 49.6 Å². The Bertz CT molecular complexity index is 796. The lowest BCUT2D eigenvalue weighted by molar-refractivity contribution is -0.148. The summed E-state index contributed by atoms with van der Waals surface area (Å²) in [7, 11) is 0. The molecule has 1 saturated heterocycles. The first-order valence-electron chi connectivity index (χ1n) is 9.45. The molecule has 3 atom stereocenters. The fourth-order valence-corrected chi connectivity index (χ4v) is 3.98. The van der Waals surface area contributed by atoms with Crippen LogP contribution in [0.1, 0.15) is 30.5 Å². The minimum absolute atomic E-state index is 0.0484. The van der Waals surface area contributed by atoms with E-state index in [0.717, 1.165) is 42.1 Å². The second-order valence-electron chi connectivity index (χ2n) is 6.87. The molecule has 0 bridgehead atoms. The van der Waals surface area contributed by atoms with Gasteiger partial charge in [0.05, 0.1) is 12.5 Å². The van der Waals surface area contributed by atoms with Crippen molar-refractivity contribution in [1.29, 1.82) is 0 Å². The lowest BCUT2D eigenvalue weighted by Crippen LogP contribution is -2.34.